The molecule has 2 aromatic carbocycles. The second kappa shape index (κ2) is 7.40. The molecule has 0 unspecified atom stereocenters. The molecule has 0 aliphatic rings. The van der Waals surface area contributed by atoms with Gasteiger partial charge in [-0.1, -0.05) is 60.7 Å². The van der Waals surface area contributed by atoms with Crippen LogP contribution in [0, 0.1) is 0 Å². The summed E-state index contributed by atoms with van der Waals surface area (Å²) in [4.78, 5) is 0. The Bertz CT molecular complexity index is 324. The van der Waals surface area contributed by atoms with Gasteiger partial charge in [0.25, 0.3) is 0 Å². The first-order chi connectivity index (χ1) is 7.38. The van der Waals surface area contributed by atoms with Gasteiger partial charge in [-0.15, -0.1) is 0 Å². The van der Waals surface area contributed by atoms with E-state index in [1.807, 2.05) is 12.1 Å². The maximum Gasteiger partial charge on any atom is -0.00944 e. The van der Waals surface area contributed by atoms with Crippen molar-refractivity contribution in [3.05, 3.63) is 60.7 Å². The first kappa shape index (κ1) is 12.2. The van der Waals surface area contributed by atoms with Gasteiger partial charge in [0.05, 0.1) is 0 Å². The first-order valence-electron chi connectivity index (χ1n) is 4.44. The molecular weight excluding hydrogens is 224 g/mol. The Morgan fingerprint density at radius 1 is 0.600 bits per heavy atom. The largest absolute Gasteiger partial charge is 0.254 e. The quantitative estimate of drug-likeness (QED) is 0.561. The Balaban J connectivity index is 0.000000337. The SMILES string of the molecule is SOS.c1ccc(-c2ccccc2)cc1. The van der Waals surface area contributed by atoms with Crippen LogP contribution < -0.4 is 0 Å². The molecule has 2 aromatic rings. The minimum Gasteiger partial charge on any atom is -0.254 e. The maximum atomic E-state index is 3.64. The molecule has 0 atom stereocenters. The highest BCUT2D eigenvalue weighted by Crippen LogP contribution is 2.17. The molecule has 0 N–H and O–H groups in total. The van der Waals surface area contributed by atoms with Crippen molar-refractivity contribution in [1.82, 2.24) is 0 Å². The van der Waals surface area contributed by atoms with Gasteiger partial charge in [0.1, 0.15) is 0 Å². The van der Waals surface area contributed by atoms with E-state index in [0.29, 0.717) is 0 Å². The summed E-state index contributed by atoms with van der Waals surface area (Å²) in [6.45, 7) is 0. The molecule has 0 saturated carbocycles. The third kappa shape index (κ3) is 4.42. The highest BCUT2D eigenvalue weighted by Gasteiger charge is 1.91. The van der Waals surface area contributed by atoms with E-state index in [0.717, 1.165) is 0 Å². The second-order valence-corrected chi connectivity index (χ2v) is 3.47. The molecule has 0 bridgehead atoms. The summed E-state index contributed by atoms with van der Waals surface area (Å²) in [5, 5.41) is 0. The molecule has 15 heavy (non-hydrogen) atoms. The molecule has 0 radical (unpaired) electrons. The summed E-state index contributed by atoms with van der Waals surface area (Å²) in [7, 11) is 0. The predicted octanol–water partition coefficient (Wildman–Crippen LogP) is 4.05. The zero-order chi connectivity index (χ0) is 10.9. The molecule has 0 heterocycles. The maximum absolute atomic E-state index is 3.64. The smallest absolute Gasteiger partial charge is 0.00944 e. The molecule has 0 spiro atoms. The lowest BCUT2D eigenvalue weighted by atomic mass is 10.1. The van der Waals surface area contributed by atoms with Gasteiger partial charge in [0.15, 0.2) is 0 Å². The number of benzene rings is 2. The molecule has 0 amide bonds. The minimum atomic E-state index is 1.28. The third-order valence-electron chi connectivity index (χ3n) is 1.88. The zero-order valence-corrected chi connectivity index (χ0v) is 9.87. The van der Waals surface area contributed by atoms with Crippen molar-refractivity contribution in [2.24, 2.45) is 0 Å². The van der Waals surface area contributed by atoms with E-state index >= 15 is 0 Å². The lowest BCUT2D eigenvalue weighted by Gasteiger charge is -1.98. The summed E-state index contributed by atoms with van der Waals surface area (Å²) >= 11 is 6.31. The molecule has 0 saturated heterocycles. The van der Waals surface area contributed by atoms with E-state index in [9.17, 15) is 0 Å². The van der Waals surface area contributed by atoms with Gasteiger partial charge < -0.3 is 0 Å². The van der Waals surface area contributed by atoms with Crippen LogP contribution in [-0.4, -0.2) is 0 Å². The predicted molar refractivity (Wildman–Crippen MR) is 70.9 cm³/mol. The van der Waals surface area contributed by atoms with E-state index in [1.54, 1.807) is 0 Å². The van der Waals surface area contributed by atoms with Gasteiger partial charge in [-0.25, -0.2) is 0 Å². The first-order valence-corrected chi connectivity index (χ1v) is 5.17. The highest BCUT2D eigenvalue weighted by molar-refractivity contribution is 7.89. The normalized spacial score (nSPS) is 8.93. The molecule has 2 rings (SSSR count). The van der Waals surface area contributed by atoms with Gasteiger partial charge in [-0.2, -0.15) is 0 Å². The van der Waals surface area contributed by atoms with Gasteiger partial charge >= 0.3 is 0 Å². The summed E-state index contributed by atoms with van der Waals surface area (Å²) < 4.78 is 3.64. The van der Waals surface area contributed by atoms with Crippen LogP contribution >= 0.6 is 25.8 Å². The van der Waals surface area contributed by atoms with Crippen LogP contribution in [-0.2, 0) is 3.63 Å². The lowest BCUT2D eigenvalue weighted by molar-refractivity contribution is 0.791. The van der Waals surface area contributed by atoms with Crippen molar-refractivity contribution in [3.8, 4) is 11.1 Å². The molecule has 0 aliphatic carbocycles. The van der Waals surface area contributed by atoms with Gasteiger partial charge in [0, 0.05) is 0 Å². The Kier molecular flexibility index (Phi) is 6.00. The van der Waals surface area contributed by atoms with Crippen molar-refractivity contribution < 1.29 is 3.63 Å². The molecule has 78 valence electrons. The molecule has 0 fully saturated rings. The average Bonchev–Trinajstić information content (AvgIpc) is 2.32. The Morgan fingerprint density at radius 2 is 0.867 bits per heavy atom. The van der Waals surface area contributed by atoms with Crippen molar-refractivity contribution in [2.45, 2.75) is 0 Å². The molecule has 3 heteroatoms. The van der Waals surface area contributed by atoms with Crippen LogP contribution in [0.25, 0.3) is 11.1 Å². The third-order valence-corrected chi connectivity index (χ3v) is 1.88. The van der Waals surface area contributed by atoms with Gasteiger partial charge in [-0.05, 0) is 36.9 Å². The van der Waals surface area contributed by atoms with Crippen LogP contribution in [0.5, 0.6) is 0 Å². The number of rotatable bonds is 1. The van der Waals surface area contributed by atoms with Crippen molar-refractivity contribution >= 4 is 25.8 Å². The van der Waals surface area contributed by atoms with Crippen molar-refractivity contribution in [3.63, 3.8) is 0 Å². The van der Waals surface area contributed by atoms with E-state index in [4.69, 9.17) is 0 Å². The molecular formula is C12H12OS2. The lowest BCUT2D eigenvalue weighted by Crippen LogP contribution is -1.73. The summed E-state index contributed by atoms with van der Waals surface area (Å²) in [5.41, 5.74) is 2.55. The Hall–Kier alpha value is -0.900. The fourth-order valence-electron chi connectivity index (χ4n) is 1.26. The van der Waals surface area contributed by atoms with Crippen LogP contribution in [0.2, 0.25) is 0 Å². The number of thiol groups is 2. The zero-order valence-electron chi connectivity index (χ0n) is 8.08. The Labute approximate surface area is 101 Å². The van der Waals surface area contributed by atoms with E-state index in [1.165, 1.54) is 11.1 Å². The summed E-state index contributed by atoms with van der Waals surface area (Å²) in [5.74, 6) is 0. The second-order valence-electron chi connectivity index (χ2n) is 2.81. The van der Waals surface area contributed by atoms with Crippen LogP contribution in [0.15, 0.2) is 60.7 Å². The van der Waals surface area contributed by atoms with Crippen LogP contribution in [0.1, 0.15) is 0 Å². The van der Waals surface area contributed by atoms with E-state index in [-0.39, 0.29) is 0 Å². The molecule has 0 aliphatic heterocycles. The van der Waals surface area contributed by atoms with Crippen LogP contribution in [0.3, 0.4) is 0 Å². The fraction of sp³-hybridized carbons (Fsp3) is 0. The average molecular weight is 236 g/mol. The van der Waals surface area contributed by atoms with Gasteiger partial charge in [0.2, 0.25) is 0 Å². The van der Waals surface area contributed by atoms with Gasteiger partial charge in [-0.3, -0.25) is 3.63 Å². The van der Waals surface area contributed by atoms with E-state index < -0.39 is 0 Å². The fourth-order valence-corrected chi connectivity index (χ4v) is 1.26. The molecule has 0 aromatic heterocycles. The number of hydrogen-bond donors (Lipinski definition) is 2. The summed E-state index contributed by atoms with van der Waals surface area (Å²) in [6.07, 6.45) is 0. The molecule has 1 nitrogen and oxygen atoms in total. The minimum absolute atomic E-state index is 1.28. The van der Waals surface area contributed by atoms with Crippen molar-refractivity contribution in [1.29, 1.82) is 0 Å². The summed E-state index contributed by atoms with van der Waals surface area (Å²) in [6, 6.07) is 20.8. The van der Waals surface area contributed by atoms with E-state index in [2.05, 4.69) is 78.0 Å². The Morgan fingerprint density at radius 3 is 1.13 bits per heavy atom. The van der Waals surface area contributed by atoms with Crippen LogP contribution in [0.4, 0.5) is 0 Å². The van der Waals surface area contributed by atoms with Crippen molar-refractivity contribution in [2.75, 3.05) is 0 Å². The standard InChI is InChI=1S/C12H10.H2OS2/c1-3-7-11(8-4-1)12-9-5-2-6-10-12;2-1-3/h1-10H;2-3H. The monoisotopic (exact) mass is 236 g/mol. The highest BCUT2D eigenvalue weighted by atomic mass is 32.2. The number of hydrogen-bond acceptors (Lipinski definition) is 3. The topological polar surface area (TPSA) is 9.23 Å².